The molecule has 0 aliphatic heterocycles. The second-order valence-electron chi connectivity index (χ2n) is 4.84. The van der Waals surface area contributed by atoms with E-state index in [2.05, 4.69) is 21.2 Å². The van der Waals surface area contributed by atoms with Gasteiger partial charge in [0, 0.05) is 10.2 Å². The van der Waals surface area contributed by atoms with Crippen molar-refractivity contribution in [2.24, 2.45) is 5.92 Å². The van der Waals surface area contributed by atoms with Gasteiger partial charge in [-0.05, 0) is 47.3 Å². The van der Waals surface area contributed by atoms with Crippen molar-refractivity contribution in [2.75, 3.05) is 5.32 Å². The number of carbonyl (C=O) groups is 1. The fraction of sp³-hybridized carbons (Fsp3) is 0.462. The van der Waals surface area contributed by atoms with E-state index in [0.29, 0.717) is 12.3 Å². The van der Waals surface area contributed by atoms with Gasteiger partial charge < -0.3 is 10.4 Å². The molecule has 1 atom stereocenters. The minimum atomic E-state index is -0.946. The summed E-state index contributed by atoms with van der Waals surface area (Å²) in [6.07, 6.45) is 0.573. The first-order valence-electron chi connectivity index (χ1n) is 5.61. The summed E-state index contributed by atoms with van der Waals surface area (Å²) in [4.78, 5) is 11.4. The van der Waals surface area contributed by atoms with E-state index in [1.54, 1.807) is 6.92 Å². The smallest absolute Gasteiger partial charge is 0.329 e. The van der Waals surface area contributed by atoms with Crippen LogP contribution in [0, 0.1) is 5.92 Å². The highest BCUT2D eigenvalue weighted by Gasteiger charge is 2.34. The Morgan fingerprint density at radius 2 is 2.06 bits per heavy atom. The molecule has 0 spiro atoms. The van der Waals surface area contributed by atoms with Gasteiger partial charge in [-0.2, -0.15) is 0 Å². The van der Waals surface area contributed by atoms with E-state index in [4.69, 9.17) is 0 Å². The summed E-state index contributed by atoms with van der Waals surface area (Å²) in [6.45, 7) is 5.75. The molecule has 1 aromatic rings. The first-order valence-corrected chi connectivity index (χ1v) is 6.40. The van der Waals surface area contributed by atoms with Gasteiger partial charge >= 0.3 is 5.97 Å². The van der Waals surface area contributed by atoms with E-state index < -0.39 is 11.5 Å². The van der Waals surface area contributed by atoms with Gasteiger partial charge in [0.05, 0.1) is 0 Å². The van der Waals surface area contributed by atoms with Crippen molar-refractivity contribution in [3.05, 3.63) is 28.7 Å². The summed E-state index contributed by atoms with van der Waals surface area (Å²) in [7, 11) is 0. The average Bonchev–Trinajstić information content (AvgIpc) is 2.20. The van der Waals surface area contributed by atoms with Gasteiger partial charge in [-0.1, -0.05) is 26.0 Å². The Hall–Kier alpha value is -1.03. The summed E-state index contributed by atoms with van der Waals surface area (Å²) < 4.78 is 0.872. The third-order valence-corrected chi connectivity index (χ3v) is 3.26. The van der Waals surface area contributed by atoms with E-state index >= 15 is 0 Å². The van der Waals surface area contributed by atoms with Gasteiger partial charge in [-0.15, -0.1) is 0 Å². The van der Waals surface area contributed by atoms with Crippen LogP contribution >= 0.6 is 15.9 Å². The van der Waals surface area contributed by atoms with Crippen molar-refractivity contribution in [1.29, 1.82) is 0 Å². The predicted molar refractivity (Wildman–Crippen MR) is 73.3 cm³/mol. The minimum Gasteiger partial charge on any atom is -0.480 e. The maximum atomic E-state index is 11.4. The molecular formula is C13H18BrNO2. The zero-order valence-electron chi connectivity index (χ0n) is 10.3. The molecule has 1 rings (SSSR count). The highest BCUT2D eigenvalue weighted by molar-refractivity contribution is 9.10. The number of halogens is 1. The lowest BCUT2D eigenvalue weighted by atomic mass is 9.90. The molecule has 0 aliphatic carbocycles. The topological polar surface area (TPSA) is 49.3 Å². The van der Waals surface area contributed by atoms with Crippen LogP contribution in [0.1, 0.15) is 27.2 Å². The van der Waals surface area contributed by atoms with Crippen LogP contribution in [-0.4, -0.2) is 16.6 Å². The van der Waals surface area contributed by atoms with Crippen LogP contribution < -0.4 is 5.32 Å². The van der Waals surface area contributed by atoms with Crippen LogP contribution in [-0.2, 0) is 4.79 Å². The molecule has 1 unspecified atom stereocenters. The number of anilines is 1. The van der Waals surface area contributed by atoms with Crippen molar-refractivity contribution in [2.45, 2.75) is 32.7 Å². The lowest BCUT2D eigenvalue weighted by Crippen LogP contribution is -2.44. The van der Waals surface area contributed by atoms with E-state index in [0.717, 1.165) is 10.2 Å². The molecule has 0 saturated heterocycles. The van der Waals surface area contributed by atoms with E-state index in [1.807, 2.05) is 38.1 Å². The number of aliphatic carboxylic acids is 1. The molecule has 17 heavy (non-hydrogen) atoms. The lowest BCUT2D eigenvalue weighted by molar-refractivity contribution is -0.142. The van der Waals surface area contributed by atoms with Crippen molar-refractivity contribution < 1.29 is 9.90 Å². The number of hydrogen-bond donors (Lipinski definition) is 2. The summed E-state index contributed by atoms with van der Waals surface area (Å²) in [5.41, 5.74) is -0.143. The molecule has 0 saturated carbocycles. The summed E-state index contributed by atoms with van der Waals surface area (Å²) in [5.74, 6) is -0.520. The highest BCUT2D eigenvalue weighted by atomic mass is 79.9. The Balaban J connectivity index is 2.95. The molecule has 0 aliphatic rings. The fourth-order valence-corrected chi connectivity index (χ4v) is 2.25. The maximum Gasteiger partial charge on any atom is 0.329 e. The number of para-hydroxylation sites is 1. The molecule has 4 heteroatoms. The summed E-state index contributed by atoms with van der Waals surface area (Å²) in [6, 6.07) is 7.53. The SMILES string of the molecule is CC(C)CC(C)(Nc1ccccc1Br)C(=O)O. The molecular weight excluding hydrogens is 282 g/mol. The number of nitrogens with one attached hydrogen (secondary N) is 1. The molecule has 0 aromatic heterocycles. The average molecular weight is 300 g/mol. The van der Waals surface area contributed by atoms with Gasteiger partial charge in [0.25, 0.3) is 0 Å². The second kappa shape index (κ2) is 5.54. The minimum absolute atomic E-state index is 0.311. The van der Waals surface area contributed by atoms with E-state index in [1.165, 1.54) is 0 Å². The van der Waals surface area contributed by atoms with Crippen molar-refractivity contribution >= 4 is 27.6 Å². The maximum absolute atomic E-state index is 11.4. The van der Waals surface area contributed by atoms with Crippen LogP contribution in [0.4, 0.5) is 5.69 Å². The fourth-order valence-electron chi connectivity index (χ4n) is 1.87. The summed E-state index contributed by atoms with van der Waals surface area (Å²) in [5, 5.41) is 12.5. The number of hydrogen-bond acceptors (Lipinski definition) is 2. The number of carboxylic acid groups (broad SMARTS) is 1. The standard InChI is InChI=1S/C13H18BrNO2/c1-9(2)8-13(3,12(16)17)15-11-7-5-4-6-10(11)14/h4-7,9,15H,8H2,1-3H3,(H,16,17). The third-order valence-electron chi connectivity index (χ3n) is 2.57. The zero-order chi connectivity index (χ0) is 13.1. The molecule has 0 bridgehead atoms. The Morgan fingerprint density at radius 1 is 1.47 bits per heavy atom. The second-order valence-corrected chi connectivity index (χ2v) is 5.69. The molecule has 0 radical (unpaired) electrons. The predicted octanol–water partition coefficient (Wildman–Crippen LogP) is 3.75. The van der Waals surface area contributed by atoms with Gasteiger partial charge in [-0.25, -0.2) is 4.79 Å². The lowest BCUT2D eigenvalue weighted by Gasteiger charge is -2.29. The van der Waals surface area contributed by atoms with Gasteiger partial charge in [-0.3, -0.25) is 0 Å². The molecule has 0 heterocycles. The van der Waals surface area contributed by atoms with Crippen LogP contribution in [0.5, 0.6) is 0 Å². The van der Waals surface area contributed by atoms with Gasteiger partial charge in [0.1, 0.15) is 5.54 Å². The van der Waals surface area contributed by atoms with Crippen LogP contribution in [0.15, 0.2) is 28.7 Å². The molecule has 2 N–H and O–H groups in total. The largest absolute Gasteiger partial charge is 0.480 e. The van der Waals surface area contributed by atoms with Crippen LogP contribution in [0.25, 0.3) is 0 Å². The normalized spacial score (nSPS) is 14.4. The zero-order valence-corrected chi connectivity index (χ0v) is 11.9. The molecule has 0 amide bonds. The van der Waals surface area contributed by atoms with E-state index in [-0.39, 0.29) is 0 Å². The Kier molecular flexibility index (Phi) is 4.57. The first-order chi connectivity index (χ1) is 7.85. The Morgan fingerprint density at radius 3 is 2.53 bits per heavy atom. The molecule has 3 nitrogen and oxygen atoms in total. The van der Waals surface area contributed by atoms with Gasteiger partial charge in [0.15, 0.2) is 0 Å². The molecule has 0 fully saturated rings. The molecule has 94 valence electrons. The quantitative estimate of drug-likeness (QED) is 0.870. The third kappa shape index (κ3) is 3.73. The van der Waals surface area contributed by atoms with Crippen LogP contribution in [0.2, 0.25) is 0 Å². The van der Waals surface area contributed by atoms with E-state index in [9.17, 15) is 9.90 Å². The van der Waals surface area contributed by atoms with Crippen molar-refractivity contribution in [1.82, 2.24) is 0 Å². The van der Waals surface area contributed by atoms with Crippen molar-refractivity contribution in [3.8, 4) is 0 Å². The first kappa shape index (κ1) is 14.0. The Labute approximate surface area is 110 Å². The molecule has 1 aromatic carbocycles. The summed E-state index contributed by atoms with van der Waals surface area (Å²) >= 11 is 3.41. The number of benzene rings is 1. The number of carboxylic acids is 1. The monoisotopic (exact) mass is 299 g/mol. The highest BCUT2D eigenvalue weighted by Crippen LogP contribution is 2.28. The van der Waals surface area contributed by atoms with Gasteiger partial charge in [0.2, 0.25) is 0 Å². The number of rotatable bonds is 5. The Bertz CT molecular complexity index is 406. The van der Waals surface area contributed by atoms with Crippen LogP contribution in [0.3, 0.4) is 0 Å². The van der Waals surface area contributed by atoms with Crippen molar-refractivity contribution in [3.63, 3.8) is 0 Å².